The van der Waals surface area contributed by atoms with E-state index in [4.69, 9.17) is 10.9 Å². The van der Waals surface area contributed by atoms with Crippen LogP contribution in [0, 0.1) is 0 Å². The Labute approximate surface area is 72.7 Å². The molecule has 11 heavy (non-hydrogen) atoms. The van der Waals surface area contributed by atoms with Crippen molar-refractivity contribution < 1.29 is 5.11 Å². The molecule has 0 heterocycles. The van der Waals surface area contributed by atoms with Gasteiger partial charge in [0.1, 0.15) is 5.75 Å². The first-order valence-electron chi connectivity index (χ1n) is 2.96. The van der Waals surface area contributed by atoms with E-state index in [0.717, 1.165) is 10.0 Å². The van der Waals surface area contributed by atoms with E-state index >= 15 is 0 Å². The van der Waals surface area contributed by atoms with Gasteiger partial charge in [-0.15, -0.1) is 0 Å². The lowest BCUT2D eigenvalue weighted by molar-refractivity contribution is 0.475. The van der Waals surface area contributed by atoms with Gasteiger partial charge >= 0.3 is 0 Å². The number of rotatable bonds is 1. The lowest BCUT2D eigenvalue weighted by Gasteiger charge is -1.96. The number of aromatic hydroxyl groups is 1. The minimum absolute atomic E-state index is 0.214. The second-order valence-electron chi connectivity index (χ2n) is 1.98. The van der Waals surface area contributed by atoms with Crippen LogP contribution in [0.25, 0.3) is 0 Å². The van der Waals surface area contributed by atoms with Crippen molar-refractivity contribution in [1.82, 2.24) is 0 Å². The van der Waals surface area contributed by atoms with Gasteiger partial charge in [0.2, 0.25) is 0 Å². The molecule has 0 aliphatic heterocycles. The van der Waals surface area contributed by atoms with E-state index in [0.29, 0.717) is 0 Å². The quantitative estimate of drug-likeness (QED) is 0.423. The van der Waals surface area contributed by atoms with Gasteiger partial charge in [-0.1, -0.05) is 0 Å². The van der Waals surface area contributed by atoms with Crippen LogP contribution in [0.2, 0.25) is 0 Å². The second kappa shape index (κ2) is 3.39. The highest BCUT2D eigenvalue weighted by molar-refractivity contribution is 9.10. The van der Waals surface area contributed by atoms with Crippen molar-refractivity contribution in [3.63, 3.8) is 0 Å². The topological polar surface area (TPSA) is 58.6 Å². The van der Waals surface area contributed by atoms with Gasteiger partial charge in [0.25, 0.3) is 0 Å². The van der Waals surface area contributed by atoms with Crippen LogP contribution in [-0.4, -0.2) is 11.3 Å². The van der Waals surface area contributed by atoms with Gasteiger partial charge in [-0.2, -0.15) is 5.10 Å². The molecule has 1 rings (SSSR count). The largest absolute Gasteiger partial charge is 0.508 e. The maximum Gasteiger partial charge on any atom is 0.116 e. The molecule has 0 aromatic heterocycles. The van der Waals surface area contributed by atoms with Crippen molar-refractivity contribution in [3.05, 3.63) is 28.2 Å². The van der Waals surface area contributed by atoms with Gasteiger partial charge in [-0.25, -0.2) is 0 Å². The summed E-state index contributed by atoms with van der Waals surface area (Å²) in [6, 6.07) is 4.87. The van der Waals surface area contributed by atoms with Crippen molar-refractivity contribution in [1.29, 1.82) is 0 Å². The number of phenolic OH excluding ortho intramolecular Hbond substituents is 1. The number of hydrazone groups is 1. The molecule has 4 heteroatoms. The zero-order chi connectivity index (χ0) is 8.27. The fourth-order valence-corrected chi connectivity index (χ4v) is 1.17. The van der Waals surface area contributed by atoms with E-state index in [1.54, 1.807) is 18.2 Å². The van der Waals surface area contributed by atoms with Crippen LogP contribution in [0.4, 0.5) is 0 Å². The van der Waals surface area contributed by atoms with Gasteiger partial charge in [0.05, 0.1) is 6.21 Å². The molecule has 58 valence electrons. The standard InChI is InChI=1S/C7H7BrN2O/c8-7-3-6(11)2-1-5(7)4-10-9/h1-4,11H,9H2. The zero-order valence-electron chi connectivity index (χ0n) is 5.66. The molecule has 0 atom stereocenters. The number of halogens is 1. The molecule has 1 aromatic carbocycles. The summed E-state index contributed by atoms with van der Waals surface area (Å²) in [6.07, 6.45) is 1.50. The average Bonchev–Trinajstić information content (AvgIpc) is 1.95. The number of nitrogens with zero attached hydrogens (tertiary/aromatic N) is 1. The fraction of sp³-hybridized carbons (Fsp3) is 0. The van der Waals surface area contributed by atoms with E-state index in [9.17, 15) is 0 Å². The molecule has 0 aliphatic rings. The summed E-state index contributed by atoms with van der Waals surface area (Å²) in [6.45, 7) is 0. The minimum Gasteiger partial charge on any atom is -0.508 e. The lowest BCUT2D eigenvalue weighted by atomic mass is 10.2. The molecule has 3 N–H and O–H groups in total. The van der Waals surface area contributed by atoms with Crippen molar-refractivity contribution in [2.24, 2.45) is 10.9 Å². The van der Waals surface area contributed by atoms with E-state index in [2.05, 4.69) is 21.0 Å². The average molecular weight is 215 g/mol. The second-order valence-corrected chi connectivity index (χ2v) is 2.84. The summed E-state index contributed by atoms with van der Waals surface area (Å²) < 4.78 is 0.770. The summed E-state index contributed by atoms with van der Waals surface area (Å²) in [5, 5.41) is 12.4. The summed E-state index contributed by atoms with van der Waals surface area (Å²) in [5.41, 5.74) is 0.838. The first-order valence-corrected chi connectivity index (χ1v) is 3.75. The van der Waals surface area contributed by atoms with Crippen molar-refractivity contribution in [2.45, 2.75) is 0 Å². The van der Waals surface area contributed by atoms with E-state index in [1.165, 1.54) is 6.21 Å². The smallest absolute Gasteiger partial charge is 0.116 e. The Hall–Kier alpha value is -1.03. The fourth-order valence-electron chi connectivity index (χ4n) is 0.701. The van der Waals surface area contributed by atoms with E-state index in [-0.39, 0.29) is 5.75 Å². The zero-order valence-corrected chi connectivity index (χ0v) is 7.25. The van der Waals surface area contributed by atoms with Crippen LogP contribution in [0.3, 0.4) is 0 Å². The third-order valence-electron chi connectivity index (χ3n) is 1.20. The Kier molecular flexibility index (Phi) is 2.48. The van der Waals surface area contributed by atoms with Crippen molar-refractivity contribution in [2.75, 3.05) is 0 Å². The number of phenols is 1. The lowest BCUT2D eigenvalue weighted by Crippen LogP contribution is -1.86. The first-order chi connectivity index (χ1) is 5.24. The van der Waals surface area contributed by atoms with E-state index < -0.39 is 0 Å². The summed E-state index contributed by atoms with van der Waals surface area (Å²) in [5.74, 6) is 5.17. The van der Waals surface area contributed by atoms with Crippen molar-refractivity contribution in [3.8, 4) is 5.75 Å². The molecule has 3 nitrogen and oxygen atoms in total. The van der Waals surface area contributed by atoms with Gasteiger partial charge in [-0.05, 0) is 34.1 Å². The molecule has 0 amide bonds. The van der Waals surface area contributed by atoms with Crippen LogP contribution < -0.4 is 5.84 Å². The molecule has 0 unspecified atom stereocenters. The third kappa shape index (κ3) is 1.94. The SMILES string of the molecule is NN=Cc1ccc(O)cc1Br. The van der Waals surface area contributed by atoms with E-state index in [1.807, 2.05) is 0 Å². The number of hydrogen-bond donors (Lipinski definition) is 2. The minimum atomic E-state index is 0.214. The Morgan fingerprint density at radius 1 is 1.55 bits per heavy atom. The summed E-state index contributed by atoms with van der Waals surface area (Å²) in [4.78, 5) is 0. The number of benzene rings is 1. The highest BCUT2D eigenvalue weighted by atomic mass is 79.9. The molecule has 0 bridgehead atoms. The van der Waals surface area contributed by atoms with Gasteiger partial charge < -0.3 is 10.9 Å². The maximum absolute atomic E-state index is 9.00. The number of hydrogen-bond acceptors (Lipinski definition) is 3. The molecule has 0 saturated carbocycles. The Morgan fingerprint density at radius 3 is 2.82 bits per heavy atom. The van der Waals surface area contributed by atoms with Crippen molar-refractivity contribution >= 4 is 22.1 Å². The Bertz CT molecular complexity index is 286. The van der Waals surface area contributed by atoms with Crippen LogP contribution >= 0.6 is 15.9 Å². The number of nitrogens with two attached hydrogens (primary N) is 1. The summed E-state index contributed by atoms with van der Waals surface area (Å²) >= 11 is 3.24. The highest BCUT2D eigenvalue weighted by Gasteiger charge is 1.96. The normalized spacial score (nSPS) is 10.6. The molecular formula is C7H7BrN2O. The van der Waals surface area contributed by atoms with Gasteiger partial charge in [0.15, 0.2) is 0 Å². The molecular weight excluding hydrogens is 208 g/mol. The Balaban J connectivity index is 3.09. The van der Waals surface area contributed by atoms with Gasteiger partial charge in [-0.3, -0.25) is 0 Å². The Morgan fingerprint density at radius 2 is 2.27 bits per heavy atom. The highest BCUT2D eigenvalue weighted by Crippen LogP contribution is 2.20. The first kappa shape index (κ1) is 8.07. The molecule has 0 fully saturated rings. The maximum atomic E-state index is 9.00. The van der Waals surface area contributed by atoms with Crippen LogP contribution in [0.5, 0.6) is 5.75 Å². The van der Waals surface area contributed by atoms with Gasteiger partial charge in [0, 0.05) is 10.0 Å². The predicted molar refractivity (Wildman–Crippen MR) is 47.6 cm³/mol. The molecule has 0 radical (unpaired) electrons. The molecule has 0 aliphatic carbocycles. The molecule has 0 saturated heterocycles. The van der Waals surface area contributed by atoms with Crippen LogP contribution in [-0.2, 0) is 0 Å². The predicted octanol–water partition coefficient (Wildman–Crippen LogP) is 1.45. The molecule has 0 spiro atoms. The molecule has 1 aromatic rings. The van der Waals surface area contributed by atoms with Crippen LogP contribution in [0.1, 0.15) is 5.56 Å². The van der Waals surface area contributed by atoms with Crippen LogP contribution in [0.15, 0.2) is 27.8 Å². The monoisotopic (exact) mass is 214 g/mol. The summed E-state index contributed by atoms with van der Waals surface area (Å²) in [7, 11) is 0. The third-order valence-corrected chi connectivity index (χ3v) is 1.88.